The first-order chi connectivity index (χ1) is 8.15. The fourth-order valence-corrected chi connectivity index (χ4v) is 3.02. The Morgan fingerprint density at radius 2 is 2.06 bits per heavy atom. The lowest BCUT2D eigenvalue weighted by Gasteiger charge is -2.35. The van der Waals surface area contributed by atoms with Gasteiger partial charge in [0.2, 0.25) is 0 Å². The lowest BCUT2D eigenvalue weighted by molar-refractivity contribution is 0.0629. The third-order valence-corrected chi connectivity index (χ3v) is 3.72. The van der Waals surface area contributed by atoms with Gasteiger partial charge in [0.05, 0.1) is 6.20 Å². The SMILES string of the molecule is C=C1CC2CCC(C1)N2C(=O)c1cn(C)nn1. The van der Waals surface area contributed by atoms with E-state index in [1.807, 2.05) is 4.90 Å². The predicted octanol–water partition coefficient (Wildman–Crippen LogP) is 1.14. The summed E-state index contributed by atoms with van der Waals surface area (Å²) in [7, 11) is 1.77. The minimum absolute atomic E-state index is 0.0260. The molecule has 2 saturated heterocycles. The molecule has 5 nitrogen and oxygen atoms in total. The maximum Gasteiger partial charge on any atom is 0.276 e. The Bertz CT molecular complexity index is 463. The van der Waals surface area contributed by atoms with Gasteiger partial charge in [0.25, 0.3) is 5.91 Å². The Balaban J connectivity index is 1.86. The topological polar surface area (TPSA) is 51.0 Å². The number of piperidine rings is 1. The van der Waals surface area contributed by atoms with Gasteiger partial charge in [-0.1, -0.05) is 17.4 Å². The highest BCUT2D eigenvalue weighted by Gasteiger charge is 2.41. The van der Waals surface area contributed by atoms with Crippen LogP contribution in [0.25, 0.3) is 0 Å². The third kappa shape index (κ3) is 1.66. The summed E-state index contributed by atoms with van der Waals surface area (Å²) in [5.74, 6) is 0.0260. The molecule has 0 aliphatic carbocycles. The summed E-state index contributed by atoms with van der Waals surface area (Å²) in [5.41, 5.74) is 1.73. The van der Waals surface area contributed by atoms with Crippen LogP contribution >= 0.6 is 0 Å². The van der Waals surface area contributed by atoms with Crippen molar-refractivity contribution in [1.82, 2.24) is 19.9 Å². The van der Waals surface area contributed by atoms with Gasteiger partial charge in [-0.15, -0.1) is 5.10 Å². The van der Waals surface area contributed by atoms with Crippen LogP contribution in [-0.4, -0.2) is 37.9 Å². The molecule has 17 heavy (non-hydrogen) atoms. The molecule has 0 saturated carbocycles. The molecule has 0 spiro atoms. The van der Waals surface area contributed by atoms with Crippen molar-refractivity contribution in [3.05, 3.63) is 24.0 Å². The van der Waals surface area contributed by atoms with Crippen molar-refractivity contribution in [2.45, 2.75) is 37.8 Å². The van der Waals surface area contributed by atoms with Crippen LogP contribution in [0.1, 0.15) is 36.2 Å². The summed E-state index contributed by atoms with van der Waals surface area (Å²) < 4.78 is 1.57. The first-order valence-corrected chi connectivity index (χ1v) is 6.01. The number of hydrogen-bond acceptors (Lipinski definition) is 3. The number of rotatable bonds is 1. The maximum absolute atomic E-state index is 12.4. The Hall–Kier alpha value is -1.65. The van der Waals surface area contributed by atoms with Gasteiger partial charge in [0.1, 0.15) is 0 Å². The zero-order chi connectivity index (χ0) is 12.0. The molecule has 1 amide bonds. The Kier molecular flexibility index (Phi) is 2.28. The standard InChI is InChI=1S/C12H16N4O/c1-8-5-9-3-4-10(6-8)16(9)12(17)11-7-15(2)14-13-11/h7,9-10H,1,3-6H2,2H3. The van der Waals surface area contributed by atoms with Crippen LogP contribution in [0.4, 0.5) is 0 Å². The van der Waals surface area contributed by atoms with Crippen molar-refractivity contribution in [1.29, 1.82) is 0 Å². The zero-order valence-corrected chi connectivity index (χ0v) is 9.96. The van der Waals surface area contributed by atoms with E-state index in [2.05, 4.69) is 16.9 Å². The van der Waals surface area contributed by atoms with Crippen molar-refractivity contribution in [2.24, 2.45) is 7.05 Å². The number of hydrogen-bond donors (Lipinski definition) is 0. The molecule has 2 atom stereocenters. The lowest BCUT2D eigenvalue weighted by atomic mass is 9.98. The third-order valence-electron chi connectivity index (χ3n) is 3.72. The predicted molar refractivity (Wildman–Crippen MR) is 62.4 cm³/mol. The first kappa shape index (κ1) is 10.5. The molecule has 2 aliphatic rings. The van der Waals surface area contributed by atoms with Gasteiger partial charge < -0.3 is 4.90 Å². The fourth-order valence-electron chi connectivity index (χ4n) is 3.02. The van der Waals surface area contributed by atoms with Gasteiger partial charge in [0.15, 0.2) is 5.69 Å². The molecule has 0 aromatic carbocycles. The molecule has 3 heterocycles. The molecule has 0 radical (unpaired) electrons. The van der Waals surface area contributed by atoms with E-state index in [4.69, 9.17) is 0 Å². The summed E-state index contributed by atoms with van der Waals surface area (Å²) in [5, 5.41) is 7.73. The number of carbonyl (C=O) groups excluding carboxylic acids is 1. The van der Waals surface area contributed by atoms with E-state index in [0.717, 1.165) is 25.7 Å². The number of aryl methyl sites for hydroxylation is 1. The molecule has 3 rings (SSSR count). The van der Waals surface area contributed by atoms with Crippen molar-refractivity contribution < 1.29 is 4.79 Å². The molecule has 2 fully saturated rings. The van der Waals surface area contributed by atoms with Gasteiger partial charge in [-0.25, -0.2) is 0 Å². The van der Waals surface area contributed by atoms with E-state index in [0.29, 0.717) is 17.8 Å². The van der Waals surface area contributed by atoms with Crippen LogP contribution < -0.4 is 0 Å². The van der Waals surface area contributed by atoms with Crippen molar-refractivity contribution >= 4 is 5.91 Å². The van der Waals surface area contributed by atoms with Gasteiger partial charge in [-0.3, -0.25) is 9.48 Å². The Labute approximate surface area is 100 Å². The average Bonchev–Trinajstić information content (AvgIpc) is 2.81. The quantitative estimate of drug-likeness (QED) is 0.682. The van der Waals surface area contributed by atoms with Crippen LogP contribution in [0.5, 0.6) is 0 Å². The first-order valence-electron chi connectivity index (χ1n) is 6.01. The summed E-state index contributed by atoms with van der Waals surface area (Å²) in [6, 6.07) is 0.659. The van der Waals surface area contributed by atoms with E-state index in [-0.39, 0.29) is 5.91 Å². The van der Waals surface area contributed by atoms with E-state index in [1.54, 1.807) is 17.9 Å². The molecular formula is C12H16N4O. The number of amides is 1. The van der Waals surface area contributed by atoms with Crippen molar-refractivity contribution in [3.63, 3.8) is 0 Å². The van der Waals surface area contributed by atoms with Gasteiger partial charge >= 0.3 is 0 Å². The van der Waals surface area contributed by atoms with Crippen molar-refractivity contribution in [3.8, 4) is 0 Å². The van der Waals surface area contributed by atoms with Crippen molar-refractivity contribution in [2.75, 3.05) is 0 Å². The minimum Gasteiger partial charge on any atom is -0.331 e. The zero-order valence-electron chi connectivity index (χ0n) is 9.96. The molecule has 0 N–H and O–H groups in total. The van der Waals surface area contributed by atoms with Crippen LogP contribution in [0.3, 0.4) is 0 Å². The van der Waals surface area contributed by atoms with Gasteiger partial charge in [-0.2, -0.15) is 0 Å². The molecular weight excluding hydrogens is 216 g/mol. The van der Waals surface area contributed by atoms with Gasteiger partial charge in [-0.05, 0) is 25.7 Å². The lowest BCUT2D eigenvalue weighted by Crippen LogP contribution is -2.44. The highest BCUT2D eigenvalue weighted by atomic mass is 16.2. The average molecular weight is 232 g/mol. The molecule has 2 aliphatic heterocycles. The molecule has 2 bridgehead atoms. The molecule has 1 aromatic heterocycles. The Morgan fingerprint density at radius 1 is 1.41 bits per heavy atom. The van der Waals surface area contributed by atoms with Gasteiger partial charge in [0, 0.05) is 19.1 Å². The largest absolute Gasteiger partial charge is 0.331 e. The normalized spacial score (nSPS) is 27.6. The second-order valence-electron chi connectivity index (χ2n) is 5.03. The maximum atomic E-state index is 12.4. The summed E-state index contributed by atoms with van der Waals surface area (Å²) in [6.45, 7) is 4.06. The summed E-state index contributed by atoms with van der Waals surface area (Å²) >= 11 is 0. The van der Waals surface area contributed by atoms with Crippen LogP contribution in [0, 0.1) is 0 Å². The summed E-state index contributed by atoms with van der Waals surface area (Å²) in [4.78, 5) is 14.4. The molecule has 90 valence electrons. The highest BCUT2D eigenvalue weighted by molar-refractivity contribution is 5.92. The smallest absolute Gasteiger partial charge is 0.276 e. The van der Waals surface area contributed by atoms with Crippen LogP contribution in [0.2, 0.25) is 0 Å². The van der Waals surface area contributed by atoms with E-state index >= 15 is 0 Å². The summed E-state index contributed by atoms with van der Waals surface area (Å²) in [6.07, 6.45) is 5.77. The molecule has 5 heteroatoms. The van der Waals surface area contributed by atoms with E-state index in [9.17, 15) is 4.79 Å². The molecule has 2 unspecified atom stereocenters. The van der Waals surface area contributed by atoms with E-state index in [1.165, 1.54) is 5.57 Å². The second-order valence-corrected chi connectivity index (χ2v) is 5.03. The Morgan fingerprint density at radius 3 is 2.59 bits per heavy atom. The highest BCUT2D eigenvalue weighted by Crippen LogP contribution is 2.38. The number of fused-ring (bicyclic) bond motifs is 2. The van der Waals surface area contributed by atoms with Crippen LogP contribution in [0.15, 0.2) is 18.3 Å². The molecule has 1 aromatic rings. The number of carbonyl (C=O) groups is 1. The number of aromatic nitrogens is 3. The fraction of sp³-hybridized carbons (Fsp3) is 0.583. The van der Waals surface area contributed by atoms with E-state index < -0.39 is 0 Å². The van der Waals surface area contributed by atoms with Crippen LogP contribution in [-0.2, 0) is 7.05 Å². The number of nitrogens with zero attached hydrogens (tertiary/aromatic N) is 4. The monoisotopic (exact) mass is 232 g/mol. The minimum atomic E-state index is 0.0260. The second kappa shape index (κ2) is 3.68.